The van der Waals surface area contributed by atoms with Gasteiger partial charge in [-0.1, -0.05) is 23.2 Å². The molecule has 2 rings (SSSR count). The summed E-state index contributed by atoms with van der Waals surface area (Å²) in [7, 11) is -3.89. The zero-order chi connectivity index (χ0) is 14.9. The van der Waals surface area contributed by atoms with Gasteiger partial charge in [0, 0.05) is 13.1 Å². The number of halogens is 2. The maximum absolute atomic E-state index is 12.5. The van der Waals surface area contributed by atoms with Crippen molar-refractivity contribution in [1.29, 1.82) is 0 Å². The number of carbonyl (C=O) groups excluding carboxylic acids is 1. The summed E-state index contributed by atoms with van der Waals surface area (Å²) in [6, 6.07) is 2.66. The van der Waals surface area contributed by atoms with E-state index in [0.29, 0.717) is 13.0 Å². The molecule has 1 fully saturated rings. The Morgan fingerprint density at radius 2 is 2.00 bits per heavy atom. The molecule has 0 bridgehead atoms. The monoisotopic (exact) mass is 337 g/mol. The lowest BCUT2D eigenvalue weighted by molar-refractivity contribution is -0.120. The van der Waals surface area contributed by atoms with Crippen molar-refractivity contribution in [2.45, 2.75) is 11.3 Å². The van der Waals surface area contributed by atoms with Crippen LogP contribution in [0.1, 0.15) is 6.42 Å². The van der Waals surface area contributed by atoms with Gasteiger partial charge in [0.2, 0.25) is 15.9 Å². The number of nitrogens with zero attached hydrogens (tertiary/aromatic N) is 1. The van der Waals surface area contributed by atoms with Gasteiger partial charge in [-0.25, -0.2) is 8.42 Å². The van der Waals surface area contributed by atoms with Gasteiger partial charge in [0.1, 0.15) is 4.90 Å². The van der Waals surface area contributed by atoms with Gasteiger partial charge in [-0.3, -0.25) is 4.79 Å². The zero-order valence-electron chi connectivity index (χ0n) is 10.4. The third kappa shape index (κ3) is 2.85. The van der Waals surface area contributed by atoms with E-state index < -0.39 is 10.0 Å². The van der Waals surface area contributed by atoms with Crippen LogP contribution in [0.15, 0.2) is 17.0 Å². The van der Waals surface area contributed by atoms with Crippen molar-refractivity contribution in [3.05, 3.63) is 22.2 Å². The highest BCUT2D eigenvalue weighted by Gasteiger charge is 2.30. The van der Waals surface area contributed by atoms with Crippen molar-refractivity contribution >= 4 is 44.8 Å². The highest BCUT2D eigenvalue weighted by Crippen LogP contribution is 2.34. The smallest absolute Gasteiger partial charge is 0.245 e. The fourth-order valence-corrected chi connectivity index (χ4v) is 4.05. The van der Waals surface area contributed by atoms with Gasteiger partial charge in [-0.15, -0.1) is 0 Å². The number of hydrogen-bond donors (Lipinski definition) is 2. The Morgan fingerprint density at radius 1 is 1.30 bits per heavy atom. The van der Waals surface area contributed by atoms with Crippen LogP contribution < -0.4 is 11.1 Å². The maximum Gasteiger partial charge on any atom is 0.245 e. The Balaban J connectivity index is 2.44. The number of hydrogen-bond acceptors (Lipinski definition) is 4. The molecule has 6 nitrogen and oxygen atoms in total. The number of carbonyl (C=O) groups is 1. The fourth-order valence-electron chi connectivity index (χ4n) is 1.87. The van der Waals surface area contributed by atoms with Crippen molar-refractivity contribution in [3.63, 3.8) is 0 Å². The number of nitrogen functional groups attached to an aromatic ring is 1. The molecule has 110 valence electrons. The quantitative estimate of drug-likeness (QED) is 0.790. The largest absolute Gasteiger partial charge is 0.396 e. The van der Waals surface area contributed by atoms with Gasteiger partial charge in [-0.2, -0.15) is 4.31 Å². The number of amides is 1. The SMILES string of the molecule is Nc1c(Cl)ccc(S(=O)(=O)N2CCCNC(=O)C2)c1Cl. The molecule has 0 saturated carbocycles. The van der Waals surface area contributed by atoms with E-state index in [1.54, 1.807) is 0 Å². The Kier molecular flexibility index (Phi) is 4.43. The van der Waals surface area contributed by atoms with E-state index in [1.165, 1.54) is 12.1 Å². The molecule has 0 aromatic heterocycles. The molecule has 0 atom stereocenters. The summed E-state index contributed by atoms with van der Waals surface area (Å²) in [4.78, 5) is 11.3. The van der Waals surface area contributed by atoms with Crippen LogP contribution in [0.4, 0.5) is 5.69 Å². The van der Waals surface area contributed by atoms with Crippen LogP contribution in [0.5, 0.6) is 0 Å². The Bertz CT molecular complexity index is 649. The van der Waals surface area contributed by atoms with Crippen LogP contribution in [0.3, 0.4) is 0 Å². The van der Waals surface area contributed by atoms with Crippen molar-refractivity contribution < 1.29 is 13.2 Å². The summed E-state index contributed by atoms with van der Waals surface area (Å²) in [6.45, 7) is 0.447. The summed E-state index contributed by atoms with van der Waals surface area (Å²) in [5, 5.41) is 2.67. The summed E-state index contributed by atoms with van der Waals surface area (Å²) < 4.78 is 26.2. The molecular weight excluding hydrogens is 325 g/mol. The third-order valence-electron chi connectivity index (χ3n) is 2.94. The van der Waals surface area contributed by atoms with Gasteiger partial charge < -0.3 is 11.1 Å². The summed E-state index contributed by atoms with van der Waals surface area (Å²) in [5.41, 5.74) is 5.65. The first-order chi connectivity index (χ1) is 9.34. The lowest BCUT2D eigenvalue weighted by atomic mass is 10.3. The Morgan fingerprint density at radius 3 is 2.70 bits per heavy atom. The molecule has 1 aliphatic heterocycles. The predicted molar refractivity (Wildman–Crippen MR) is 77.3 cm³/mol. The molecule has 0 spiro atoms. The maximum atomic E-state index is 12.5. The van der Waals surface area contributed by atoms with E-state index >= 15 is 0 Å². The van der Waals surface area contributed by atoms with Gasteiger partial charge >= 0.3 is 0 Å². The van der Waals surface area contributed by atoms with E-state index in [2.05, 4.69) is 5.32 Å². The first-order valence-corrected chi connectivity index (χ1v) is 8.04. The summed E-state index contributed by atoms with van der Waals surface area (Å²) in [5.74, 6) is -0.343. The molecule has 1 aliphatic rings. The van der Waals surface area contributed by atoms with Gasteiger partial charge in [0.25, 0.3) is 0 Å². The number of sulfonamides is 1. The lowest BCUT2D eigenvalue weighted by Crippen LogP contribution is -2.37. The highest BCUT2D eigenvalue weighted by molar-refractivity contribution is 7.89. The van der Waals surface area contributed by atoms with Crippen molar-refractivity contribution in [3.8, 4) is 0 Å². The van der Waals surface area contributed by atoms with Crippen LogP contribution in [0.25, 0.3) is 0 Å². The second-order valence-electron chi connectivity index (χ2n) is 4.32. The molecule has 0 aliphatic carbocycles. The Labute approximate surface area is 126 Å². The van der Waals surface area contributed by atoms with Crippen LogP contribution in [0.2, 0.25) is 10.0 Å². The minimum atomic E-state index is -3.89. The number of benzene rings is 1. The number of rotatable bonds is 2. The summed E-state index contributed by atoms with van der Waals surface area (Å²) in [6.07, 6.45) is 0.533. The van der Waals surface area contributed by atoms with Gasteiger partial charge in [0.15, 0.2) is 0 Å². The second-order valence-corrected chi connectivity index (χ2v) is 7.01. The number of nitrogens with two attached hydrogens (primary N) is 1. The van der Waals surface area contributed by atoms with Crippen LogP contribution in [-0.2, 0) is 14.8 Å². The van der Waals surface area contributed by atoms with E-state index in [-0.39, 0.29) is 39.6 Å². The van der Waals surface area contributed by atoms with Crippen LogP contribution in [0, 0.1) is 0 Å². The molecule has 1 aromatic rings. The average molecular weight is 338 g/mol. The molecule has 1 heterocycles. The fraction of sp³-hybridized carbons (Fsp3) is 0.364. The van der Waals surface area contributed by atoms with Gasteiger partial charge in [-0.05, 0) is 18.6 Å². The topological polar surface area (TPSA) is 92.5 Å². The molecule has 1 aromatic carbocycles. The number of anilines is 1. The molecule has 0 unspecified atom stereocenters. The first kappa shape index (κ1) is 15.4. The lowest BCUT2D eigenvalue weighted by Gasteiger charge is -2.20. The first-order valence-electron chi connectivity index (χ1n) is 5.84. The minimum absolute atomic E-state index is 0.00804. The predicted octanol–water partition coefficient (Wildman–Crippen LogP) is 1.09. The van der Waals surface area contributed by atoms with Crippen LogP contribution >= 0.6 is 23.2 Å². The zero-order valence-corrected chi connectivity index (χ0v) is 12.7. The Hall–Kier alpha value is -1.02. The van der Waals surface area contributed by atoms with Crippen LogP contribution in [-0.4, -0.2) is 38.3 Å². The number of nitrogens with one attached hydrogen (secondary N) is 1. The van der Waals surface area contributed by atoms with Gasteiger partial charge in [0.05, 0.1) is 22.3 Å². The van der Waals surface area contributed by atoms with E-state index in [4.69, 9.17) is 28.9 Å². The molecule has 1 saturated heterocycles. The third-order valence-corrected chi connectivity index (χ3v) is 5.67. The van der Waals surface area contributed by atoms with Crippen molar-refractivity contribution in [2.75, 3.05) is 25.4 Å². The molecule has 20 heavy (non-hydrogen) atoms. The van der Waals surface area contributed by atoms with E-state index in [1.807, 2.05) is 0 Å². The van der Waals surface area contributed by atoms with E-state index in [9.17, 15) is 13.2 Å². The normalized spacial score (nSPS) is 17.6. The summed E-state index contributed by atoms with van der Waals surface area (Å²) >= 11 is 11.8. The molecule has 0 radical (unpaired) electrons. The van der Waals surface area contributed by atoms with Crippen molar-refractivity contribution in [1.82, 2.24) is 9.62 Å². The molecular formula is C11H13Cl2N3O3S. The molecule has 9 heteroatoms. The second kappa shape index (κ2) is 5.77. The highest BCUT2D eigenvalue weighted by atomic mass is 35.5. The molecule has 3 N–H and O–H groups in total. The average Bonchev–Trinajstić information content (AvgIpc) is 2.61. The van der Waals surface area contributed by atoms with Crippen molar-refractivity contribution in [2.24, 2.45) is 0 Å². The minimum Gasteiger partial charge on any atom is -0.396 e. The van der Waals surface area contributed by atoms with E-state index in [0.717, 1.165) is 4.31 Å². The standard InChI is InChI=1S/C11H13Cl2N3O3S/c12-7-2-3-8(10(13)11(7)14)20(18,19)16-5-1-4-15-9(17)6-16/h2-3H,1,4-6,14H2,(H,15,17). The molecule has 1 amide bonds.